The van der Waals surface area contributed by atoms with Crippen molar-refractivity contribution in [3.63, 3.8) is 0 Å². The number of nitrogens with one attached hydrogen (secondary N) is 1. The quantitative estimate of drug-likeness (QED) is 0.574. The standard InChI is InChI=1S/C22H23N3O/c1-14-10-16-8-9-17(12-20(16)25-21(14)26-3)22(2,23)13-18-11-15-6-4-5-7-19(15)24-18/h4-12,24H,13,23H2,1-3H3. The number of fused-ring (bicyclic) bond motifs is 2. The summed E-state index contributed by atoms with van der Waals surface area (Å²) in [6.45, 7) is 4.06. The molecule has 0 bridgehead atoms. The Morgan fingerprint density at radius 1 is 1.08 bits per heavy atom. The van der Waals surface area contributed by atoms with Gasteiger partial charge in [0, 0.05) is 34.1 Å². The van der Waals surface area contributed by atoms with Crippen LogP contribution in [0.25, 0.3) is 21.8 Å². The SMILES string of the molecule is COc1nc2cc(C(C)(N)Cc3cc4ccccc4[nH]3)ccc2cc1C. The van der Waals surface area contributed by atoms with Crippen LogP contribution in [0.1, 0.15) is 23.7 Å². The van der Waals surface area contributed by atoms with E-state index in [0.29, 0.717) is 5.88 Å². The molecule has 2 heterocycles. The van der Waals surface area contributed by atoms with Crippen LogP contribution in [0.2, 0.25) is 0 Å². The van der Waals surface area contributed by atoms with E-state index in [9.17, 15) is 0 Å². The third-order valence-electron chi connectivity index (χ3n) is 4.96. The Morgan fingerprint density at radius 2 is 1.88 bits per heavy atom. The van der Waals surface area contributed by atoms with E-state index >= 15 is 0 Å². The lowest BCUT2D eigenvalue weighted by atomic mass is 9.87. The number of nitrogens with zero attached hydrogens (tertiary/aromatic N) is 1. The van der Waals surface area contributed by atoms with Crippen LogP contribution in [0.5, 0.6) is 5.88 Å². The lowest BCUT2D eigenvalue weighted by molar-refractivity contribution is 0.396. The molecule has 2 aromatic heterocycles. The summed E-state index contributed by atoms with van der Waals surface area (Å²) in [5.41, 5.74) is 11.5. The van der Waals surface area contributed by atoms with Gasteiger partial charge in [-0.25, -0.2) is 4.98 Å². The molecule has 0 aliphatic heterocycles. The fourth-order valence-electron chi connectivity index (χ4n) is 3.54. The van der Waals surface area contributed by atoms with Gasteiger partial charge in [0.15, 0.2) is 0 Å². The van der Waals surface area contributed by atoms with E-state index in [-0.39, 0.29) is 0 Å². The van der Waals surface area contributed by atoms with Crippen LogP contribution in [-0.2, 0) is 12.0 Å². The molecule has 4 aromatic rings. The first-order valence-corrected chi connectivity index (χ1v) is 8.78. The highest BCUT2D eigenvalue weighted by atomic mass is 16.5. The first kappa shape index (κ1) is 16.6. The molecule has 132 valence electrons. The summed E-state index contributed by atoms with van der Waals surface area (Å²) in [6, 6.07) is 18.8. The molecule has 0 aliphatic rings. The second-order valence-electron chi connectivity index (χ2n) is 7.20. The van der Waals surface area contributed by atoms with E-state index in [1.807, 2.05) is 19.1 Å². The average molecular weight is 345 g/mol. The number of aryl methyl sites for hydroxylation is 1. The molecule has 26 heavy (non-hydrogen) atoms. The van der Waals surface area contributed by atoms with Crippen LogP contribution >= 0.6 is 0 Å². The van der Waals surface area contributed by atoms with Crippen molar-refractivity contribution in [3.05, 3.63) is 71.4 Å². The van der Waals surface area contributed by atoms with Crippen molar-refractivity contribution in [3.8, 4) is 5.88 Å². The number of pyridine rings is 1. The minimum atomic E-state index is -0.505. The lowest BCUT2D eigenvalue weighted by Crippen LogP contribution is -2.35. The Balaban J connectivity index is 1.70. The van der Waals surface area contributed by atoms with Crippen molar-refractivity contribution in [2.24, 2.45) is 5.73 Å². The number of hydrogen-bond acceptors (Lipinski definition) is 3. The molecule has 4 nitrogen and oxygen atoms in total. The van der Waals surface area contributed by atoms with Crippen molar-refractivity contribution in [1.82, 2.24) is 9.97 Å². The lowest BCUT2D eigenvalue weighted by Gasteiger charge is -2.25. The first-order valence-electron chi connectivity index (χ1n) is 8.78. The van der Waals surface area contributed by atoms with E-state index in [0.717, 1.165) is 39.7 Å². The second-order valence-corrected chi connectivity index (χ2v) is 7.20. The number of nitrogens with two attached hydrogens (primary N) is 1. The zero-order valence-electron chi connectivity index (χ0n) is 15.3. The number of ether oxygens (including phenoxy) is 1. The first-order chi connectivity index (χ1) is 12.5. The Morgan fingerprint density at radius 3 is 2.65 bits per heavy atom. The largest absolute Gasteiger partial charge is 0.481 e. The Hall–Kier alpha value is -2.85. The Kier molecular flexibility index (Phi) is 3.93. The van der Waals surface area contributed by atoms with Crippen molar-refractivity contribution in [2.45, 2.75) is 25.8 Å². The molecule has 0 saturated carbocycles. The predicted molar refractivity (Wildman–Crippen MR) is 107 cm³/mol. The van der Waals surface area contributed by atoms with E-state index in [2.05, 4.69) is 59.4 Å². The summed E-state index contributed by atoms with van der Waals surface area (Å²) in [4.78, 5) is 8.09. The van der Waals surface area contributed by atoms with Crippen LogP contribution < -0.4 is 10.5 Å². The van der Waals surface area contributed by atoms with E-state index in [1.165, 1.54) is 5.39 Å². The number of rotatable bonds is 4. The maximum atomic E-state index is 6.70. The van der Waals surface area contributed by atoms with Crippen molar-refractivity contribution in [1.29, 1.82) is 0 Å². The zero-order valence-corrected chi connectivity index (χ0v) is 15.3. The summed E-state index contributed by atoms with van der Waals surface area (Å²) < 4.78 is 5.36. The van der Waals surface area contributed by atoms with E-state index in [1.54, 1.807) is 7.11 Å². The highest BCUT2D eigenvalue weighted by Gasteiger charge is 2.23. The fourth-order valence-corrected chi connectivity index (χ4v) is 3.54. The third-order valence-corrected chi connectivity index (χ3v) is 4.96. The van der Waals surface area contributed by atoms with Crippen LogP contribution in [0, 0.1) is 6.92 Å². The molecule has 0 saturated heterocycles. The normalized spacial score (nSPS) is 13.8. The summed E-state index contributed by atoms with van der Waals surface area (Å²) in [7, 11) is 1.65. The Bertz CT molecular complexity index is 1060. The van der Waals surface area contributed by atoms with Gasteiger partial charge >= 0.3 is 0 Å². The minimum Gasteiger partial charge on any atom is -0.481 e. The summed E-state index contributed by atoms with van der Waals surface area (Å²) in [6.07, 6.45) is 0.718. The van der Waals surface area contributed by atoms with Gasteiger partial charge in [-0.15, -0.1) is 0 Å². The molecule has 4 heteroatoms. The monoisotopic (exact) mass is 345 g/mol. The minimum absolute atomic E-state index is 0.505. The van der Waals surface area contributed by atoms with Gasteiger partial charge in [-0.2, -0.15) is 0 Å². The number of benzene rings is 2. The number of aromatic amines is 1. The molecule has 1 atom stereocenters. The second kappa shape index (κ2) is 6.15. The highest BCUT2D eigenvalue weighted by Crippen LogP contribution is 2.29. The van der Waals surface area contributed by atoms with E-state index in [4.69, 9.17) is 10.5 Å². The summed E-state index contributed by atoms with van der Waals surface area (Å²) in [5, 5.41) is 2.30. The van der Waals surface area contributed by atoms with Gasteiger partial charge in [-0.3, -0.25) is 0 Å². The molecule has 4 rings (SSSR count). The number of para-hydroxylation sites is 1. The molecule has 0 radical (unpaired) electrons. The van der Waals surface area contributed by atoms with Gasteiger partial charge < -0.3 is 15.5 Å². The highest BCUT2D eigenvalue weighted by molar-refractivity contribution is 5.81. The number of hydrogen-bond donors (Lipinski definition) is 2. The topological polar surface area (TPSA) is 63.9 Å². The van der Waals surface area contributed by atoms with Gasteiger partial charge in [-0.1, -0.05) is 30.3 Å². The molecule has 0 amide bonds. The van der Waals surface area contributed by atoms with Crippen LogP contribution in [0.3, 0.4) is 0 Å². The van der Waals surface area contributed by atoms with Crippen LogP contribution in [-0.4, -0.2) is 17.1 Å². The Labute approximate surface area is 153 Å². The number of methoxy groups -OCH3 is 1. The number of aromatic nitrogens is 2. The fraction of sp³-hybridized carbons (Fsp3) is 0.227. The van der Waals surface area contributed by atoms with E-state index < -0.39 is 5.54 Å². The average Bonchev–Trinajstić information content (AvgIpc) is 3.02. The van der Waals surface area contributed by atoms with Gasteiger partial charge in [-0.05, 0) is 49.1 Å². The van der Waals surface area contributed by atoms with Crippen molar-refractivity contribution >= 4 is 21.8 Å². The molecular formula is C22H23N3O. The molecule has 1 unspecified atom stereocenters. The molecule has 0 fully saturated rings. The smallest absolute Gasteiger partial charge is 0.216 e. The zero-order chi connectivity index (χ0) is 18.3. The van der Waals surface area contributed by atoms with Crippen LogP contribution in [0.15, 0.2) is 54.6 Å². The molecular weight excluding hydrogens is 322 g/mol. The number of H-pyrrole nitrogens is 1. The van der Waals surface area contributed by atoms with Gasteiger partial charge in [0.2, 0.25) is 5.88 Å². The molecule has 0 aliphatic carbocycles. The maximum Gasteiger partial charge on any atom is 0.216 e. The van der Waals surface area contributed by atoms with Gasteiger partial charge in [0.1, 0.15) is 0 Å². The van der Waals surface area contributed by atoms with Gasteiger partial charge in [0.25, 0.3) is 0 Å². The summed E-state index contributed by atoms with van der Waals surface area (Å²) in [5.74, 6) is 0.656. The van der Waals surface area contributed by atoms with Crippen LogP contribution in [0.4, 0.5) is 0 Å². The summed E-state index contributed by atoms with van der Waals surface area (Å²) >= 11 is 0. The van der Waals surface area contributed by atoms with Crippen molar-refractivity contribution < 1.29 is 4.74 Å². The van der Waals surface area contributed by atoms with Gasteiger partial charge in [0.05, 0.1) is 12.6 Å². The maximum absolute atomic E-state index is 6.70. The third kappa shape index (κ3) is 2.93. The molecule has 0 spiro atoms. The predicted octanol–water partition coefficient (Wildman–Crippen LogP) is 4.45. The van der Waals surface area contributed by atoms with Crippen molar-refractivity contribution in [2.75, 3.05) is 7.11 Å². The molecule has 3 N–H and O–H groups in total. The molecule has 2 aromatic carbocycles.